The van der Waals surface area contributed by atoms with Crippen molar-refractivity contribution >= 4 is 11.3 Å². The van der Waals surface area contributed by atoms with Crippen LogP contribution in [-0.4, -0.2) is 29.4 Å². The van der Waals surface area contributed by atoms with Gasteiger partial charge in [-0.25, -0.2) is 4.98 Å². The van der Waals surface area contributed by atoms with Crippen LogP contribution in [0.4, 0.5) is 0 Å². The van der Waals surface area contributed by atoms with Gasteiger partial charge in [-0.05, 0) is 25.3 Å². The van der Waals surface area contributed by atoms with E-state index in [0.717, 1.165) is 23.5 Å². The van der Waals surface area contributed by atoms with E-state index in [1.54, 1.807) is 11.3 Å². The molecule has 112 valence electrons. The maximum absolute atomic E-state index is 11.0. The second kappa shape index (κ2) is 6.26. The van der Waals surface area contributed by atoms with Gasteiger partial charge in [0.2, 0.25) is 0 Å². The number of hydrogen-bond donors (Lipinski definition) is 1. The molecule has 0 aliphatic carbocycles. The van der Waals surface area contributed by atoms with Gasteiger partial charge >= 0.3 is 0 Å². The third-order valence-electron chi connectivity index (χ3n) is 4.41. The van der Waals surface area contributed by atoms with E-state index >= 15 is 0 Å². The van der Waals surface area contributed by atoms with Crippen LogP contribution in [0, 0.1) is 6.92 Å². The average Bonchev–Trinajstić information content (AvgIpc) is 2.94. The maximum Gasteiger partial charge on any atom is 0.0954 e. The molecule has 1 aromatic carbocycles. The van der Waals surface area contributed by atoms with Gasteiger partial charge in [-0.1, -0.05) is 30.3 Å². The molecular formula is C17H21NO2S. The average molecular weight is 303 g/mol. The summed E-state index contributed by atoms with van der Waals surface area (Å²) >= 11 is 1.63. The number of hydrogen-bond acceptors (Lipinski definition) is 4. The van der Waals surface area contributed by atoms with Gasteiger partial charge < -0.3 is 9.84 Å². The highest BCUT2D eigenvalue weighted by Gasteiger charge is 2.41. The maximum atomic E-state index is 11.0. The zero-order valence-electron chi connectivity index (χ0n) is 12.3. The molecule has 1 atom stereocenters. The Hall–Kier alpha value is -1.23. The summed E-state index contributed by atoms with van der Waals surface area (Å²) in [5.41, 5.74) is 2.04. The van der Waals surface area contributed by atoms with Crippen LogP contribution in [0.3, 0.4) is 0 Å². The van der Waals surface area contributed by atoms with Crippen molar-refractivity contribution in [2.24, 2.45) is 0 Å². The zero-order valence-corrected chi connectivity index (χ0v) is 13.1. The van der Waals surface area contributed by atoms with Crippen LogP contribution < -0.4 is 0 Å². The van der Waals surface area contributed by atoms with Gasteiger partial charge in [0.15, 0.2) is 0 Å². The van der Waals surface area contributed by atoms with Crippen LogP contribution >= 0.6 is 11.3 Å². The van der Waals surface area contributed by atoms with Crippen LogP contribution in [0.15, 0.2) is 35.7 Å². The fourth-order valence-electron chi connectivity index (χ4n) is 3.18. The number of aryl methyl sites for hydroxylation is 1. The normalized spacial score (nSPS) is 19.3. The number of aromatic nitrogens is 1. The molecule has 3 nitrogen and oxygen atoms in total. The lowest BCUT2D eigenvalue weighted by Gasteiger charge is -2.41. The Morgan fingerprint density at radius 3 is 2.62 bits per heavy atom. The van der Waals surface area contributed by atoms with Crippen molar-refractivity contribution in [3.63, 3.8) is 0 Å². The van der Waals surface area contributed by atoms with Crippen LogP contribution in [0.5, 0.6) is 0 Å². The summed E-state index contributed by atoms with van der Waals surface area (Å²) in [6.45, 7) is 3.42. The minimum atomic E-state index is -0.422. The summed E-state index contributed by atoms with van der Waals surface area (Å²) in [5, 5.41) is 14.0. The van der Waals surface area contributed by atoms with Gasteiger partial charge in [-0.15, -0.1) is 11.3 Å². The summed E-state index contributed by atoms with van der Waals surface area (Å²) in [6.07, 6.45) is 1.92. The van der Waals surface area contributed by atoms with Gasteiger partial charge in [0.05, 0.1) is 11.1 Å². The smallest absolute Gasteiger partial charge is 0.0954 e. The van der Waals surface area contributed by atoms with Gasteiger partial charge in [0.1, 0.15) is 0 Å². The molecule has 0 bridgehead atoms. The first-order valence-electron chi connectivity index (χ1n) is 7.43. The molecule has 0 radical (unpaired) electrons. The first-order valence-corrected chi connectivity index (χ1v) is 8.31. The van der Waals surface area contributed by atoms with E-state index in [1.165, 1.54) is 5.56 Å². The van der Waals surface area contributed by atoms with E-state index < -0.39 is 6.10 Å². The molecule has 4 heteroatoms. The number of aliphatic hydroxyl groups is 1. The Balaban J connectivity index is 1.88. The van der Waals surface area contributed by atoms with Crippen molar-refractivity contribution in [1.82, 2.24) is 4.98 Å². The SMILES string of the molecule is Cc1csc(CC(O)C2(c3ccccc3)CCOCC2)n1. The molecule has 0 amide bonds. The van der Waals surface area contributed by atoms with Crippen LogP contribution in [0.25, 0.3) is 0 Å². The van der Waals surface area contributed by atoms with Crippen molar-refractivity contribution < 1.29 is 9.84 Å². The van der Waals surface area contributed by atoms with Crippen molar-refractivity contribution in [2.75, 3.05) is 13.2 Å². The largest absolute Gasteiger partial charge is 0.392 e. The van der Waals surface area contributed by atoms with Crippen molar-refractivity contribution in [2.45, 2.75) is 37.7 Å². The zero-order chi connectivity index (χ0) is 14.7. The summed E-state index contributed by atoms with van der Waals surface area (Å²) in [7, 11) is 0. The Labute approximate surface area is 129 Å². The van der Waals surface area contributed by atoms with Crippen LogP contribution in [0.2, 0.25) is 0 Å². The molecule has 21 heavy (non-hydrogen) atoms. The topological polar surface area (TPSA) is 42.4 Å². The lowest BCUT2D eigenvalue weighted by Crippen LogP contribution is -2.45. The summed E-state index contributed by atoms with van der Waals surface area (Å²) in [5.74, 6) is 0. The number of nitrogens with zero attached hydrogens (tertiary/aromatic N) is 1. The van der Waals surface area contributed by atoms with Crippen LogP contribution in [0.1, 0.15) is 29.1 Å². The lowest BCUT2D eigenvalue weighted by atomic mass is 9.69. The third kappa shape index (κ3) is 3.03. The molecule has 1 fully saturated rings. The Bertz CT molecular complexity index is 575. The molecular weight excluding hydrogens is 282 g/mol. The Morgan fingerprint density at radius 1 is 1.29 bits per heavy atom. The second-order valence-electron chi connectivity index (χ2n) is 5.74. The Morgan fingerprint density at radius 2 is 2.00 bits per heavy atom. The van der Waals surface area contributed by atoms with Gasteiger partial charge in [0, 0.05) is 36.1 Å². The molecule has 1 aromatic heterocycles. The summed E-state index contributed by atoms with van der Waals surface area (Å²) in [4.78, 5) is 4.50. The van der Waals surface area contributed by atoms with Gasteiger partial charge in [-0.3, -0.25) is 0 Å². The first-order chi connectivity index (χ1) is 10.2. The quantitative estimate of drug-likeness (QED) is 0.943. The van der Waals surface area contributed by atoms with E-state index in [2.05, 4.69) is 17.1 Å². The van der Waals surface area contributed by atoms with Crippen molar-refractivity contribution in [3.8, 4) is 0 Å². The molecule has 1 aliphatic rings. The van der Waals surface area contributed by atoms with Crippen molar-refractivity contribution in [3.05, 3.63) is 52.0 Å². The molecule has 2 heterocycles. The minimum Gasteiger partial charge on any atom is -0.392 e. The molecule has 1 saturated heterocycles. The fraction of sp³-hybridized carbons (Fsp3) is 0.471. The van der Waals surface area contributed by atoms with E-state index in [9.17, 15) is 5.11 Å². The highest BCUT2D eigenvalue weighted by molar-refractivity contribution is 7.09. The molecule has 1 unspecified atom stereocenters. The number of rotatable bonds is 4. The predicted octanol–water partition coefficient (Wildman–Crippen LogP) is 3.10. The minimum absolute atomic E-state index is 0.209. The molecule has 1 N–H and O–H groups in total. The lowest BCUT2D eigenvalue weighted by molar-refractivity contribution is -0.0154. The first kappa shape index (κ1) is 14.7. The third-order valence-corrected chi connectivity index (χ3v) is 5.40. The van der Waals surface area contributed by atoms with E-state index in [4.69, 9.17) is 4.74 Å². The fourth-order valence-corrected chi connectivity index (χ4v) is 3.99. The molecule has 0 saturated carbocycles. The predicted molar refractivity (Wildman–Crippen MR) is 84.7 cm³/mol. The van der Waals surface area contributed by atoms with E-state index in [-0.39, 0.29) is 5.41 Å². The standard InChI is InChI=1S/C17H21NO2S/c1-13-12-21-16(18-13)11-15(19)17(7-9-20-10-8-17)14-5-3-2-4-6-14/h2-6,12,15,19H,7-11H2,1H3. The van der Waals surface area contributed by atoms with Crippen LogP contribution in [-0.2, 0) is 16.6 Å². The van der Waals surface area contributed by atoms with Gasteiger partial charge in [-0.2, -0.15) is 0 Å². The number of aliphatic hydroxyl groups excluding tert-OH is 1. The number of ether oxygens (including phenoxy) is 1. The monoisotopic (exact) mass is 303 g/mol. The highest BCUT2D eigenvalue weighted by Crippen LogP contribution is 2.39. The molecule has 2 aromatic rings. The highest BCUT2D eigenvalue weighted by atomic mass is 32.1. The summed E-state index contributed by atoms with van der Waals surface area (Å²) < 4.78 is 5.53. The Kier molecular flexibility index (Phi) is 4.38. The molecule has 3 rings (SSSR count). The molecule has 0 spiro atoms. The number of benzene rings is 1. The van der Waals surface area contributed by atoms with E-state index in [1.807, 2.05) is 30.5 Å². The number of thiazole rings is 1. The van der Waals surface area contributed by atoms with Gasteiger partial charge in [0.25, 0.3) is 0 Å². The summed E-state index contributed by atoms with van der Waals surface area (Å²) in [6, 6.07) is 10.4. The second-order valence-corrected chi connectivity index (χ2v) is 6.68. The van der Waals surface area contributed by atoms with Crippen molar-refractivity contribution in [1.29, 1.82) is 0 Å². The molecule has 1 aliphatic heterocycles. The van der Waals surface area contributed by atoms with E-state index in [0.29, 0.717) is 19.6 Å².